The van der Waals surface area contributed by atoms with Gasteiger partial charge in [-0.15, -0.1) is 0 Å². The summed E-state index contributed by atoms with van der Waals surface area (Å²) in [4.78, 5) is 12.3. The zero-order valence-electron chi connectivity index (χ0n) is 14.7. The van der Waals surface area contributed by atoms with E-state index < -0.39 is 9.84 Å². The quantitative estimate of drug-likeness (QED) is 0.857. The molecule has 1 unspecified atom stereocenters. The van der Waals surface area contributed by atoms with Crippen LogP contribution in [0.5, 0.6) is 0 Å². The highest BCUT2D eigenvalue weighted by molar-refractivity contribution is 7.91. The predicted molar refractivity (Wildman–Crippen MR) is 94.2 cm³/mol. The maximum atomic E-state index is 12.3. The zero-order valence-corrected chi connectivity index (χ0v) is 15.5. The Balaban J connectivity index is 1.68. The van der Waals surface area contributed by atoms with Crippen molar-refractivity contribution in [1.82, 2.24) is 19.6 Å². The van der Waals surface area contributed by atoms with Crippen LogP contribution in [0.15, 0.2) is 12.3 Å². The maximum absolute atomic E-state index is 12.3. The number of hydrogen-bond donors (Lipinski definition) is 1. The smallest absolute Gasteiger partial charge is 0.224 e. The summed E-state index contributed by atoms with van der Waals surface area (Å²) in [6.45, 7) is 3.69. The number of nitrogens with zero attached hydrogens (tertiary/aromatic N) is 4. The van der Waals surface area contributed by atoms with Crippen molar-refractivity contribution in [3.05, 3.63) is 29.3 Å². The van der Waals surface area contributed by atoms with E-state index in [2.05, 4.69) is 15.5 Å². The minimum Gasteiger partial charge on any atom is -0.323 e. The Labute approximate surface area is 147 Å². The molecule has 8 nitrogen and oxygen atoms in total. The lowest BCUT2D eigenvalue weighted by Gasteiger charge is -2.11. The third kappa shape index (κ3) is 3.76. The zero-order chi connectivity index (χ0) is 18.2. The molecule has 2 aromatic rings. The van der Waals surface area contributed by atoms with Crippen molar-refractivity contribution in [1.29, 1.82) is 0 Å². The van der Waals surface area contributed by atoms with Crippen LogP contribution in [0, 0.1) is 13.8 Å². The van der Waals surface area contributed by atoms with Crippen molar-refractivity contribution in [2.24, 2.45) is 7.05 Å². The SMILES string of the molecule is Cc1nn(C2CCS(=O)(=O)C2)c(C)c1NC(=O)CCc1ccnn1C. The number of rotatable bonds is 5. The first-order valence-electron chi connectivity index (χ1n) is 8.29. The predicted octanol–water partition coefficient (Wildman–Crippen LogP) is 1.16. The highest BCUT2D eigenvalue weighted by Gasteiger charge is 2.31. The number of carbonyl (C=O) groups excluding carboxylic acids is 1. The molecule has 0 aromatic carbocycles. The van der Waals surface area contributed by atoms with Crippen LogP contribution in [0.3, 0.4) is 0 Å². The Morgan fingerprint density at radius 3 is 2.76 bits per heavy atom. The fourth-order valence-electron chi connectivity index (χ4n) is 3.26. The van der Waals surface area contributed by atoms with Gasteiger partial charge in [-0.2, -0.15) is 10.2 Å². The van der Waals surface area contributed by atoms with Gasteiger partial charge in [-0.25, -0.2) is 8.42 Å². The minimum absolute atomic E-state index is 0.0917. The Bertz CT molecular complexity index is 897. The second kappa shape index (κ2) is 6.62. The van der Waals surface area contributed by atoms with Crippen molar-refractivity contribution in [2.45, 2.75) is 39.2 Å². The molecule has 136 valence electrons. The van der Waals surface area contributed by atoms with Gasteiger partial charge in [0.2, 0.25) is 5.91 Å². The van der Waals surface area contributed by atoms with E-state index >= 15 is 0 Å². The number of hydrogen-bond acceptors (Lipinski definition) is 5. The molecule has 1 amide bonds. The first kappa shape index (κ1) is 17.7. The average Bonchev–Trinajstić information content (AvgIpc) is 3.19. The molecule has 1 aliphatic rings. The molecule has 25 heavy (non-hydrogen) atoms. The van der Waals surface area contributed by atoms with Crippen LogP contribution in [0.4, 0.5) is 5.69 Å². The van der Waals surface area contributed by atoms with Crippen molar-refractivity contribution in [3.63, 3.8) is 0 Å². The van der Waals surface area contributed by atoms with Crippen LogP contribution in [-0.4, -0.2) is 45.4 Å². The monoisotopic (exact) mass is 365 g/mol. The number of aromatic nitrogens is 4. The summed E-state index contributed by atoms with van der Waals surface area (Å²) in [5.41, 5.74) is 3.18. The van der Waals surface area contributed by atoms with Gasteiger partial charge >= 0.3 is 0 Å². The van der Waals surface area contributed by atoms with Gasteiger partial charge < -0.3 is 5.32 Å². The molecule has 3 rings (SSSR count). The summed E-state index contributed by atoms with van der Waals surface area (Å²) in [7, 11) is -1.13. The Morgan fingerprint density at radius 1 is 1.40 bits per heavy atom. The Morgan fingerprint density at radius 2 is 2.16 bits per heavy atom. The number of amides is 1. The number of aryl methyl sites for hydroxylation is 3. The summed E-state index contributed by atoms with van der Waals surface area (Å²) < 4.78 is 26.9. The molecule has 0 aliphatic carbocycles. The molecule has 0 bridgehead atoms. The summed E-state index contributed by atoms with van der Waals surface area (Å²) in [6.07, 6.45) is 3.23. The molecular formula is C16H23N5O3S. The van der Waals surface area contributed by atoms with Gasteiger partial charge in [-0.05, 0) is 32.8 Å². The van der Waals surface area contributed by atoms with E-state index in [1.165, 1.54) is 0 Å². The van der Waals surface area contributed by atoms with Gasteiger partial charge in [0.1, 0.15) is 0 Å². The van der Waals surface area contributed by atoms with E-state index in [0.29, 0.717) is 30.6 Å². The lowest BCUT2D eigenvalue weighted by atomic mass is 10.2. The largest absolute Gasteiger partial charge is 0.323 e. The van der Waals surface area contributed by atoms with Gasteiger partial charge in [-0.3, -0.25) is 14.2 Å². The molecule has 1 fully saturated rings. The summed E-state index contributed by atoms with van der Waals surface area (Å²) in [5, 5.41) is 11.5. The molecule has 1 saturated heterocycles. The van der Waals surface area contributed by atoms with Crippen LogP contribution in [0.25, 0.3) is 0 Å². The lowest BCUT2D eigenvalue weighted by Crippen LogP contribution is -2.16. The van der Waals surface area contributed by atoms with Gasteiger partial charge in [0, 0.05) is 25.4 Å². The van der Waals surface area contributed by atoms with E-state index in [-0.39, 0.29) is 23.5 Å². The van der Waals surface area contributed by atoms with Crippen LogP contribution in [-0.2, 0) is 28.1 Å². The van der Waals surface area contributed by atoms with E-state index in [1.807, 2.05) is 27.0 Å². The van der Waals surface area contributed by atoms with Crippen LogP contribution < -0.4 is 5.32 Å². The van der Waals surface area contributed by atoms with E-state index in [9.17, 15) is 13.2 Å². The Hall–Kier alpha value is -2.16. The highest BCUT2D eigenvalue weighted by Crippen LogP contribution is 2.29. The molecule has 0 radical (unpaired) electrons. The van der Waals surface area contributed by atoms with Crippen LogP contribution >= 0.6 is 0 Å². The molecule has 1 atom stereocenters. The molecule has 0 saturated carbocycles. The fourth-order valence-corrected chi connectivity index (χ4v) is 4.95. The van der Waals surface area contributed by atoms with Crippen LogP contribution in [0.1, 0.15) is 36.0 Å². The minimum atomic E-state index is -2.98. The number of sulfone groups is 1. The van der Waals surface area contributed by atoms with Gasteiger partial charge in [-0.1, -0.05) is 0 Å². The van der Waals surface area contributed by atoms with Gasteiger partial charge in [0.15, 0.2) is 9.84 Å². The molecular weight excluding hydrogens is 342 g/mol. The third-order valence-electron chi connectivity index (χ3n) is 4.67. The van der Waals surface area contributed by atoms with E-state index in [1.54, 1.807) is 15.6 Å². The second-order valence-electron chi connectivity index (χ2n) is 6.54. The molecule has 3 heterocycles. The molecule has 1 aliphatic heterocycles. The topological polar surface area (TPSA) is 98.9 Å². The molecule has 0 spiro atoms. The number of nitrogens with one attached hydrogen (secondary N) is 1. The van der Waals surface area contributed by atoms with Crippen molar-refractivity contribution >= 4 is 21.4 Å². The van der Waals surface area contributed by atoms with Crippen molar-refractivity contribution in [2.75, 3.05) is 16.8 Å². The first-order valence-corrected chi connectivity index (χ1v) is 10.1. The second-order valence-corrected chi connectivity index (χ2v) is 8.77. The highest BCUT2D eigenvalue weighted by atomic mass is 32.2. The van der Waals surface area contributed by atoms with Crippen molar-refractivity contribution in [3.8, 4) is 0 Å². The summed E-state index contributed by atoms with van der Waals surface area (Å²) in [6, 6.07) is 1.74. The van der Waals surface area contributed by atoms with Crippen LogP contribution in [0.2, 0.25) is 0 Å². The first-order chi connectivity index (χ1) is 11.8. The summed E-state index contributed by atoms with van der Waals surface area (Å²) in [5.74, 6) is 0.219. The third-order valence-corrected chi connectivity index (χ3v) is 6.42. The van der Waals surface area contributed by atoms with E-state index in [4.69, 9.17) is 0 Å². The Kier molecular flexibility index (Phi) is 4.68. The van der Waals surface area contributed by atoms with Gasteiger partial charge in [0.25, 0.3) is 0 Å². The van der Waals surface area contributed by atoms with E-state index in [0.717, 1.165) is 11.4 Å². The standard InChI is InChI=1S/C16H23N5O3S/c1-11-16(18-15(22)5-4-13-6-8-17-20(13)3)12(2)21(19-11)14-7-9-25(23,24)10-14/h6,8,14H,4-5,7,9-10H2,1-3H3,(H,18,22). The van der Waals surface area contributed by atoms with Gasteiger partial charge in [0.05, 0.1) is 34.6 Å². The number of anilines is 1. The summed E-state index contributed by atoms with van der Waals surface area (Å²) >= 11 is 0. The van der Waals surface area contributed by atoms with Crippen molar-refractivity contribution < 1.29 is 13.2 Å². The molecule has 2 aromatic heterocycles. The maximum Gasteiger partial charge on any atom is 0.224 e. The number of carbonyl (C=O) groups is 1. The molecule has 9 heteroatoms. The molecule has 1 N–H and O–H groups in total. The fraction of sp³-hybridized carbons (Fsp3) is 0.562. The normalized spacial score (nSPS) is 19.2. The lowest BCUT2D eigenvalue weighted by molar-refractivity contribution is -0.116. The average molecular weight is 365 g/mol.